The van der Waals surface area contributed by atoms with Crippen LogP contribution in [0.4, 0.5) is 0 Å². The third-order valence-corrected chi connectivity index (χ3v) is 1.03. The van der Waals surface area contributed by atoms with Crippen LogP contribution in [0.3, 0.4) is 0 Å². The van der Waals surface area contributed by atoms with Crippen LogP contribution >= 0.6 is 0 Å². The molecule has 0 saturated heterocycles. The van der Waals surface area contributed by atoms with E-state index in [4.69, 9.17) is 25.5 Å². The highest BCUT2D eigenvalue weighted by Gasteiger charge is 2.18. The molecule has 5 nitrogen and oxygen atoms in total. The van der Waals surface area contributed by atoms with Gasteiger partial charge in [-0.15, -0.1) is 6.58 Å². The Balaban J connectivity index is 0. The maximum Gasteiger partial charge on any atom is 0.128 e. The van der Waals surface area contributed by atoms with Crippen molar-refractivity contribution in [2.24, 2.45) is 0 Å². The van der Waals surface area contributed by atoms with Gasteiger partial charge in [0, 0.05) is 0 Å². The smallest absolute Gasteiger partial charge is 0.128 e. The lowest BCUT2D eigenvalue weighted by atomic mass is 10.1. The summed E-state index contributed by atoms with van der Waals surface area (Å²) in [6.45, 7) is 1.97. The maximum atomic E-state index is 8.82. The molecule has 0 bridgehead atoms. The molecule has 0 aliphatic heterocycles. The first kappa shape index (κ1) is 14.1. The molecule has 0 atom stereocenters. The minimum Gasteiger partial charge on any atom is -0.394 e. The van der Waals surface area contributed by atoms with E-state index in [2.05, 4.69) is 6.58 Å². The molecule has 0 radical (unpaired) electrons. The van der Waals surface area contributed by atoms with Crippen LogP contribution in [-0.4, -0.2) is 57.6 Å². The summed E-state index contributed by atoms with van der Waals surface area (Å²) in [5.74, 6) is 0. The average Bonchev–Trinajstić information content (AvgIpc) is 2.17. The summed E-state index contributed by atoms with van der Waals surface area (Å²) in [7, 11) is 0. The number of aliphatic hydroxyl groups is 5. The molecule has 0 heterocycles. The van der Waals surface area contributed by atoms with Crippen LogP contribution in [0.15, 0.2) is 12.7 Å². The molecule has 0 fully saturated rings. The van der Waals surface area contributed by atoms with Crippen molar-refractivity contribution < 1.29 is 25.5 Å². The van der Waals surface area contributed by atoms with E-state index in [1.165, 1.54) is 0 Å². The molecule has 0 aliphatic carbocycles. The maximum absolute atomic E-state index is 8.82. The Morgan fingerprint density at radius 1 is 1.00 bits per heavy atom. The van der Waals surface area contributed by atoms with Crippen LogP contribution in [0.1, 0.15) is 0 Å². The Hall–Kier alpha value is -0.460. The van der Waals surface area contributed by atoms with Crippen LogP contribution in [0.25, 0.3) is 0 Å². The summed E-state index contributed by atoms with van der Waals surface area (Å²) in [4.78, 5) is 0. The van der Waals surface area contributed by atoms with Crippen molar-refractivity contribution in [2.45, 2.75) is 5.60 Å². The van der Waals surface area contributed by atoms with Gasteiger partial charge in [0.1, 0.15) is 5.60 Å². The van der Waals surface area contributed by atoms with E-state index in [0.29, 0.717) is 0 Å². The largest absolute Gasteiger partial charge is 0.394 e. The molecule has 0 aliphatic rings. The van der Waals surface area contributed by atoms with Gasteiger partial charge in [0.2, 0.25) is 0 Å². The minimum absolute atomic E-state index is 0.125. The minimum atomic E-state index is -1.50. The molecule has 5 N–H and O–H groups in total. The quantitative estimate of drug-likeness (QED) is 0.318. The third-order valence-electron chi connectivity index (χ3n) is 1.03. The van der Waals surface area contributed by atoms with E-state index < -0.39 is 18.8 Å². The zero-order valence-corrected chi connectivity index (χ0v) is 6.85. The van der Waals surface area contributed by atoms with Crippen molar-refractivity contribution in [2.75, 3.05) is 26.4 Å². The molecule has 0 spiro atoms. The predicted molar refractivity (Wildman–Crippen MR) is 43.5 cm³/mol. The standard InChI is InChI=1S/C5H10O3.C2H6O2/c1-2-5(8,3-6)4-7;3-1-2-4/h2,6-8H,1,3-4H2;3-4H,1-2H2. The van der Waals surface area contributed by atoms with Gasteiger partial charge < -0.3 is 25.5 Å². The second kappa shape index (κ2) is 8.63. The van der Waals surface area contributed by atoms with Crippen molar-refractivity contribution in [3.63, 3.8) is 0 Å². The zero-order chi connectivity index (χ0) is 10.0. The molecule has 0 aromatic heterocycles. The summed E-state index contributed by atoms with van der Waals surface area (Å²) in [6, 6.07) is 0. The third kappa shape index (κ3) is 7.64. The number of aliphatic hydroxyl groups excluding tert-OH is 4. The fourth-order valence-electron chi connectivity index (χ4n) is 0.179. The Kier molecular flexibility index (Phi) is 10.1. The Bertz CT molecular complexity index is 98.0. The second-order valence-corrected chi connectivity index (χ2v) is 2.07. The zero-order valence-electron chi connectivity index (χ0n) is 6.85. The second-order valence-electron chi connectivity index (χ2n) is 2.07. The van der Waals surface area contributed by atoms with Crippen molar-refractivity contribution in [1.29, 1.82) is 0 Å². The summed E-state index contributed by atoms with van der Waals surface area (Å²) in [6.07, 6.45) is 1.10. The normalized spacial score (nSPS) is 10.1. The SMILES string of the molecule is C=CC(O)(CO)CO.OCCO. The van der Waals surface area contributed by atoms with Crippen LogP contribution in [0.2, 0.25) is 0 Å². The van der Waals surface area contributed by atoms with Gasteiger partial charge in [0.05, 0.1) is 26.4 Å². The van der Waals surface area contributed by atoms with Crippen molar-refractivity contribution >= 4 is 0 Å². The molecule has 74 valence electrons. The van der Waals surface area contributed by atoms with Crippen LogP contribution in [0, 0.1) is 0 Å². The predicted octanol–water partition coefficient (Wildman–Crippen LogP) is -2.14. The molecule has 5 heteroatoms. The van der Waals surface area contributed by atoms with E-state index in [1.807, 2.05) is 0 Å². The van der Waals surface area contributed by atoms with Crippen molar-refractivity contribution in [3.8, 4) is 0 Å². The first-order valence-corrected chi connectivity index (χ1v) is 3.39. The molecular weight excluding hydrogens is 164 g/mol. The Morgan fingerprint density at radius 2 is 1.33 bits per heavy atom. The lowest BCUT2D eigenvalue weighted by molar-refractivity contribution is -0.0167. The average molecular weight is 180 g/mol. The molecule has 12 heavy (non-hydrogen) atoms. The van der Waals surface area contributed by atoms with E-state index >= 15 is 0 Å². The van der Waals surface area contributed by atoms with Crippen molar-refractivity contribution in [1.82, 2.24) is 0 Å². The lowest BCUT2D eigenvalue weighted by Crippen LogP contribution is -2.34. The molecule has 0 amide bonds. The first-order chi connectivity index (χ1) is 5.60. The summed E-state index contributed by atoms with van der Waals surface area (Å²) in [5.41, 5.74) is -1.50. The summed E-state index contributed by atoms with van der Waals surface area (Å²) < 4.78 is 0. The monoisotopic (exact) mass is 180 g/mol. The van der Waals surface area contributed by atoms with Gasteiger partial charge >= 0.3 is 0 Å². The molecule has 0 rings (SSSR count). The lowest BCUT2D eigenvalue weighted by Gasteiger charge is -2.16. The summed E-state index contributed by atoms with van der Waals surface area (Å²) in [5, 5.41) is 40.7. The molecule has 0 unspecified atom stereocenters. The van der Waals surface area contributed by atoms with E-state index in [-0.39, 0.29) is 13.2 Å². The van der Waals surface area contributed by atoms with Crippen LogP contribution < -0.4 is 0 Å². The number of hydrogen-bond acceptors (Lipinski definition) is 5. The van der Waals surface area contributed by atoms with Crippen molar-refractivity contribution in [3.05, 3.63) is 12.7 Å². The highest BCUT2D eigenvalue weighted by molar-refractivity contribution is 4.94. The molecule has 0 saturated carbocycles. The molecule has 0 aromatic rings. The van der Waals surface area contributed by atoms with Crippen LogP contribution in [0.5, 0.6) is 0 Å². The van der Waals surface area contributed by atoms with E-state index in [1.54, 1.807) is 0 Å². The van der Waals surface area contributed by atoms with Gasteiger partial charge in [-0.25, -0.2) is 0 Å². The highest BCUT2D eigenvalue weighted by atomic mass is 16.4. The fraction of sp³-hybridized carbons (Fsp3) is 0.714. The fourth-order valence-corrected chi connectivity index (χ4v) is 0.179. The van der Waals surface area contributed by atoms with Gasteiger partial charge in [-0.2, -0.15) is 0 Å². The van der Waals surface area contributed by atoms with Gasteiger partial charge in [0.25, 0.3) is 0 Å². The number of hydrogen-bond donors (Lipinski definition) is 5. The van der Waals surface area contributed by atoms with Gasteiger partial charge in [-0.1, -0.05) is 6.08 Å². The molecule has 0 aromatic carbocycles. The molecular formula is C7H16O5. The summed E-state index contributed by atoms with van der Waals surface area (Å²) >= 11 is 0. The highest BCUT2D eigenvalue weighted by Crippen LogP contribution is 2.00. The van der Waals surface area contributed by atoms with Gasteiger partial charge in [-0.05, 0) is 0 Å². The number of rotatable bonds is 4. The Morgan fingerprint density at radius 3 is 1.33 bits per heavy atom. The van der Waals surface area contributed by atoms with E-state index in [9.17, 15) is 0 Å². The van der Waals surface area contributed by atoms with E-state index in [0.717, 1.165) is 6.08 Å². The van der Waals surface area contributed by atoms with Gasteiger partial charge in [0.15, 0.2) is 0 Å². The topological polar surface area (TPSA) is 101 Å². The van der Waals surface area contributed by atoms with Crippen LogP contribution in [-0.2, 0) is 0 Å². The Labute approximate surface area is 71.2 Å². The first-order valence-electron chi connectivity index (χ1n) is 3.39. The van der Waals surface area contributed by atoms with Gasteiger partial charge in [-0.3, -0.25) is 0 Å².